The molecular weight excluding hydrogens is 254 g/mol. The monoisotopic (exact) mass is 277 g/mol. The molecular formula is C20H23N. The molecule has 3 rings (SSSR count). The van der Waals surface area contributed by atoms with Crippen molar-refractivity contribution in [2.75, 3.05) is 13.6 Å². The second-order valence-electron chi connectivity index (χ2n) is 5.79. The van der Waals surface area contributed by atoms with E-state index in [1.54, 1.807) is 0 Å². The third-order valence-corrected chi connectivity index (χ3v) is 4.36. The van der Waals surface area contributed by atoms with E-state index in [-0.39, 0.29) is 0 Å². The molecule has 108 valence electrons. The molecule has 0 unspecified atom stereocenters. The zero-order valence-corrected chi connectivity index (χ0v) is 12.7. The Labute approximate surface area is 127 Å². The van der Waals surface area contributed by atoms with Crippen molar-refractivity contribution in [2.45, 2.75) is 19.3 Å². The highest BCUT2D eigenvalue weighted by Crippen LogP contribution is 2.36. The molecule has 0 saturated heterocycles. The van der Waals surface area contributed by atoms with Crippen LogP contribution in [0.5, 0.6) is 0 Å². The fourth-order valence-corrected chi connectivity index (χ4v) is 3.30. The van der Waals surface area contributed by atoms with Gasteiger partial charge in [0, 0.05) is 0 Å². The molecule has 0 radical (unpaired) electrons. The van der Waals surface area contributed by atoms with Crippen LogP contribution in [0.2, 0.25) is 0 Å². The van der Waals surface area contributed by atoms with Crippen LogP contribution in [0.15, 0.2) is 60.7 Å². The molecule has 1 nitrogen and oxygen atoms in total. The summed E-state index contributed by atoms with van der Waals surface area (Å²) in [5, 5.41) is 3.24. The van der Waals surface area contributed by atoms with E-state index >= 15 is 0 Å². The SMILES string of the molecule is CNCC/C=C(/c1ccccc1)C1Cc2ccccc2C1. The van der Waals surface area contributed by atoms with Gasteiger partial charge in [-0.05, 0) is 61.0 Å². The van der Waals surface area contributed by atoms with Crippen molar-refractivity contribution in [3.8, 4) is 0 Å². The van der Waals surface area contributed by atoms with Gasteiger partial charge in [0.1, 0.15) is 0 Å². The summed E-state index contributed by atoms with van der Waals surface area (Å²) >= 11 is 0. The van der Waals surface area contributed by atoms with E-state index in [9.17, 15) is 0 Å². The third-order valence-electron chi connectivity index (χ3n) is 4.36. The van der Waals surface area contributed by atoms with Crippen molar-refractivity contribution in [3.05, 3.63) is 77.4 Å². The summed E-state index contributed by atoms with van der Waals surface area (Å²) in [6.07, 6.45) is 5.88. The predicted molar refractivity (Wildman–Crippen MR) is 90.3 cm³/mol. The second-order valence-corrected chi connectivity index (χ2v) is 5.79. The standard InChI is InChI=1S/C20H23N/c1-21-13-7-12-20(16-8-3-2-4-9-16)19-14-17-10-5-6-11-18(17)15-19/h2-6,8-12,19,21H,7,13-15H2,1H3/b20-12-. The van der Waals surface area contributed by atoms with Gasteiger partial charge in [-0.25, -0.2) is 0 Å². The van der Waals surface area contributed by atoms with Crippen molar-refractivity contribution < 1.29 is 0 Å². The summed E-state index contributed by atoms with van der Waals surface area (Å²) in [7, 11) is 2.02. The normalized spacial score (nSPS) is 15.2. The van der Waals surface area contributed by atoms with Gasteiger partial charge in [-0.1, -0.05) is 60.7 Å². The fraction of sp³-hybridized carbons (Fsp3) is 0.300. The van der Waals surface area contributed by atoms with Crippen LogP contribution in [0.1, 0.15) is 23.1 Å². The highest BCUT2D eigenvalue weighted by molar-refractivity contribution is 5.69. The maximum Gasteiger partial charge on any atom is -0.00171 e. The Kier molecular flexibility index (Phi) is 4.52. The topological polar surface area (TPSA) is 12.0 Å². The van der Waals surface area contributed by atoms with E-state index in [2.05, 4.69) is 66.0 Å². The smallest absolute Gasteiger partial charge is 0.00171 e. The first kappa shape index (κ1) is 14.1. The van der Waals surface area contributed by atoms with Crippen molar-refractivity contribution in [1.82, 2.24) is 5.32 Å². The molecule has 0 fully saturated rings. The molecule has 2 aromatic carbocycles. The van der Waals surface area contributed by atoms with Gasteiger partial charge in [0.2, 0.25) is 0 Å². The van der Waals surface area contributed by atoms with Crippen molar-refractivity contribution >= 4 is 5.57 Å². The lowest BCUT2D eigenvalue weighted by Crippen LogP contribution is -2.08. The quantitative estimate of drug-likeness (QED) is 0.812. The van der Waals surface area contributed by atoms with Crippen molar-refractivity contribution in [1.29, 1.82) is 0 Å². The van der Waals surface area contributed by atoms with E-state index < -0.39 is 0 Å². The summed E-state index contributed by atoms with van der Waals surface area (Å²) in [6.45, 7) is 1.04. The van der Waals surface area contributed by atoms with Gasteiger partial charge in [0.05, 0.1) is 0 Å². The van der Waals surface area contributed by atoms with Gasteiger partial charge in [0.25, 0.3) is 0 Å². The molecule has 0 bridgehead atoms. The maximum absolute atomic E-state index is 3.24. The Morgan fingerprint density at radius 2 is 1.62 bits per heavy atom. The average molecular weight is 277 g/mol. The van der Waals surface area contributed by atoms with Gasteiger partial charge in [-0.15, -0.1) is 0 Å². The van der Waals surface area contributed by atoms with Crippen LogP contribution < -0.4 is 5.32 Å². The molecule has 1 aliphatic carbocycles. The second kappa shape index (κ2) is 6.73. The first-order chi connectivity index (χ1) is 10.4. The van der Waals surface area contributed by atoms with Crippen molar-refractivity contribution in [3.63, 3.8) is 0 Å². The van der Waals surface area contributed by atoms with Crippen LogP contribution in [0.4, 0.5) is 0 Å². The Morgan fingerprint density at radius 3 is 2.24 bits per heavy atom. The lowest BCUT2D eigenvalue weighted by molar-refractivity contribution is 0.718. The fourth-order valence-electron chi connectivity index (χ4n) is 3.30. The Balaban J connectivity index is 1.86. The van der Waals surface area contributed by atoms with Crippen LogP contribution in [0, 0.1) is 5.92 Å². The zero-order chi connectivity index (χ0) is 14.5. The molecule has 2 aromatic rings. The molecule has 0 aromatic heterocycles. The number of rotatable bonds is 5. The number of nitrogens with one attached hydrogen (secondary N) is 1. The number of hydrogen-bond donors (Lipinski definition) is 1. The Bertz CT molecular complexity index is 588. The first-order valence-electron chi connectivity index (χ1n) is 7.85. The summed E-state index contributed by atoms with van der Waals surface area (Å²) in [6, 6.07) is 19.8. The number of fused-ring (bicyclic) bond motifs is 1. The van der Waals surface area contributed by atoms with E-state index in [1.165, 1.54) is 35.1 Å². The highest BCUT2D eigenvalue weighted by Gasteiger charge is 2.24. The lowest BCUT2D eigenvalue weighted by atomic mass is 9.89. The van der Waals surface area contributed by atoms with E-state index in [0.29, 0.717) is 5.92 Å². The molecule has 21 heavy (non-hydrogen) atoms. The molecule has 1 N–H and O–H groups in total. The minimum absolute atomic E-state index is 0.627. The van der Waals surface area contributed by atoms with Gasteiger partial charge in [0.15, 0.2) is 0 Å². The minimum atomic E-state index is 0.627. The number of benzene rings is 2. The molecule has 1 aliphatic rings. The van der Waals surface area contributed by atoms with E-state index in [1.807, 2.05) is 7.05 Å². The van der Waals surface area contributed by atoms with Gasteiger partial charge in [-0.2, -0.15) is 0 Å². The molecule has 0 amide bonds. The third kappa shape index (κ3) is 3.25. The number of allylic oxidation sites excluding steroid dienone is 1. The molecule has 0 spiro atoms. The van der Waals surface area contributed by atoms with E-state index in [0.717, 1.165) is 13.0 Å². The molecule has 0 atom stereocenters. The Hall–Kier alpha value is -1.86. The molecule has 0 saturated carbocycles. The summed E-state index contributed by atoms with van der Waals surface area (Å²) in [5.74, 6) is 0.627. The summed E-state index contributed by atoms with van der Waals surface area (Å²) in [4.78, 5) is 0. The Morgan fingerprint density at radius 1 is 1.00 bits per heavy atom. The summed E-state index contributed by atoms with van der Waals surface area (Å²) in [5.41, 5.74) is 5.95. The highest BCUT2D eigenvalue weighted by atomic mass is 14.8. The zero-order valence-electron chi connectivity index (χ0n) is 12.7. The molecule has 0 aliphatic heterocycles. The van der Waals surface area contributed by atoms with Gasteiger partial charge in [-0.3, -0.25) is 0 Å². The van der Waals surface area contributed by atoms with Crippen LogP contribution in [0.3, 0.4) is 0 Å². The summed E-state index contributed by atoms with van der Waals surface area (Å²) < 4.78 is 0. The van der Waals surface area contributed by atoms with E-state index in [4.69, 9.17) is 0 Å². The first-order valence-corrected chi connectivity index (χ1v) is 7.85. The average Bonchev–Trinajstić information content (AvgIpc) is 2.96. The van der Waals surface area contributed by atoms with Gasteiger partial charge < -0.3 is 5.32 Å². The van der Waals surface area contributed by atoms with Crippen LogP contribution >= 0.6 is 0 Å². The number of hydrogen-bond acceptors (Lipinski definition) is 1. The van der Waals surface area contributed by atoms with Crippen LogP contribution in [0.25, 0.3) is 5.57 Å². The van der Waals surface area contributed by atoms with Gasteiger partial charge >= 0.3 is 0 Å². The molecule has 0 heterocycles. The minimum Gasteiger partial charge on any atom is -0.319 e. The largest absolute Gasteiger partial charge is 0.319 e. The maximum atomic E-state index is 3.24. The van der Waals surface area contributed by atoms with Crippen LogP contribution in [-0.2, 0) is 12.8 Å². The molecule has 1 heteroatoms. The predicted octanol–water partition coefficient (Wildman–Crippen LogP) is 4.09. The van der Waals surface area contributed by atoms with Crippen molar-refractivity contribution in [2.24, 2.45) is 5.92 Å². The lowest BCUT2D eigenvalue weighted by Gasteiger charge is -2.15. The van der Waals surface area contributed by atoms with Crippen LogP contribution in [-0.4, -0.2) is 13.6 Å².